The van der Waals surface area contributed by atoms with Gasteiger partial charge in [-0.2, -0.15) is 0 Å². The molecule has 0 aliphatic heterocycles. The number of esters is 2. The Morgan fingerprint density at radius 1 is 0.667 bits per heavy atom. The molecule has 0 fully saturated rings. The summed E-state index contributed by atoms with van der Waals surface area (Å²) in [7, 11) is 4.07. The number of carboxylic acid groups (broad SMARTS) is 2. The highest BCUT2D eigenvalue weighted by molar-refractivity contribution is 5.95. The zero-order valence-corrected chi connectivity index (χ0v) is 21.5. The van der Waals surface area contributed by atoms with Crippen LogP contribution < -0.4 is 0 Å². The summed E-state index contributed by atoms with van der Waals surface area (Å²) >= 11 is 0. The molecule has 3 aromatic carbocycles. The van der Waals surface area contributed by atoms with Gasteiger partial charge in [0.2, 0.25) is 12.2 Å². The Kier molecular flexibility index (Phi) is 12.3. The number of carbonyl (C=O) groups excluding carboxylic acids is 2. The van der Waals surface area contributed by atoms with Crippen molar-refractivity contribution in [3.05, 3.63) is 108 Å². The lowest BCUT2D eigenvalue weighted by Gasteiger charge is -2.23. The van der Waals surface area contributed by atoms with Crippen LogP contribution in [0.1, 0.15) is 38.7 Å². The average Bonchev–Trinajstić information content (AvgIpc) is 2.94. The van der Waals surface area contributed by atoms with E-state index in [4.69, 9.17) is 14.6 Å². The van der Waals surface area contributed by atoms with Gasteiger partial charge in [-0.15, -0.1) is 0 Å². The lowest BCUT2D eigenvalue weighted by atomic mass is 10.0. The van der Waals surface area contributed by atoms with Crippen LogP contribution in [0, 0.1) is 0 Å². The van der Waals surface area contributed by atoms with Crippen LogP contribution in [0.25, 0.3) is 0 Å². The molecule has 0 spiro atoms. The van der Waals surface area contributed by atoms with E-state index in [2.05, 4.69) is 17.0 Å². The summed E-state index contributed by atoms with van der Waals surface area (Å²) in [6.45, 7) is 0.234. The van der Waals surface area contributed by atoms with Crippen molar-refractivity contribution < 1.29 is 44.0 Å². The van der Waals surface area contributed by atoms with Gasteiger partial charge in [0, 0.05) is 12.6 Å². The number of ether oxygens (including phenoxy) is 2. The Hall–Kier alpha value is -4.54. The Balaban J connectivity index is 0.000000344. The fourth-order valence-electron chi connectivity index (χ4n) is 3.52. The maximum Gasteiger partial charge on any atom is 0.349 e. The van der Waals surface area contributed by atoms with E-state index in [9.17, 15) is 29.4 Å². The lowest BCUT2D eigenvalue weighted by Crippen LogP contribution is -2.45. The Labute approximate surface area is 226 Å². The minimum absolute atomic E-state index is 0.0253. The van der Waals surface area contributed by atoms with Gasteiger partial charge < -0.3 is 29.7 Å². The zero-order valence-electron chi connectivity index (χ0n) is 21.5. The van der Waals surface area contributed by atoms with Crippen molar-refractivity contribution in [2.75, 3.05) is 20.7 Å². The molecule has 10 nitrogen and oxygen atoms in total. The predicted molar refractivity (Wildman–Crippen MR) is 141 cm³/mol. The summed E-state index contributed by atoms with van der Waals surface area (Å²) in [4.78, 5) is 49.0. The van der Waals surface area contributed by atoms with Crippen LogP contribution in [-0.4, -0.2) is 77.0 Å². The number of carbonyl (C=O) groups is 4. The molecule has 0 saturated heterocycles. The highest BCUT2D eigenvalue weighted by atomic mass is 16.6. The second-order valence-corrected chi connectivity index (χ2v) is 8.46. The van der Waals surface area contributed by atoms with Gasteiger partial charge in [-0.3, -0.25) is 0 Å². The first kappa shape index (κ1) is 30.7. The Morgan fingerprint density at radius 3 is 1.33 bits per heavy atom. The van der Waals surface area contributed by atoms with Crippen LogP contribution in [0.2, 0.25) is 0 Å². The summed E-state index contributed by atoms with van der Waals surface area (Å²) in [6, 6.07) is 25.4. The number of hydrogen-bond donors (Lipinski definition) is 3. The molecule has 206 valence electrons. The molecule has 0 aliphatic rings. The van der Waals surface area contributed by atoms with Gasteiger partial charge in [0.05, 0.1) is 11.1 Å². The first-order valence-electron chi connectivity index (χ1n) is 12.0. The lowest BCUT2D eigenvalue weighted by molar-refractivity contribution is -0.166. The largest absolute Gasteiger partial charge is 0.478 e. The highest BCUT2D eigenvalue weighted by Crippen LogP contribution is 2.20. The van der Waals surface area contributed by atoms with Crippen molar-refractivity contribution in [1.29, 1.82) is 0 Å². The summed E-state index contributed by atoms with van der Waals surface area (Å²) < 4.78 is 9.52. The number of aliphatic hydroxyl groups is 1. The SMILES string of the molecule is CN(C)C(CCO)c1ccccc1.O=C(OC(C(=O)O)C(OC(=O)c1ccccc1)C(=O)O)c1ccccc1. The summed E-state index contributed by atoms with van der Waals surface area (Å²) in [6.07, 6.45) is -3.64. The highest BCUT2D eigenvalue weighted by Gasteiger charge is 2.41. The average molecular weight is 538 g/mol. The summed E-state index contributed by atoms with van der Waals surface area (Å²) in [5, 5.41) is 27.4. The number of nitrogens with zero attached hydrogens (tertiary/aromatic N) is 1. The van der Waals surface area contributed by atoms with Crippen LogP contribution in [0.3, 0.4) is 0 Å². The molecule has 0 aromatic heterocycles. The van der Waals surface area contributed by atoms with Gasteiger partial charge in [0.15, 0.2) is 0 Å². The van der Waals surface area contributed by atoms with Gasteiger partial charge in [0.1, 0.15) is 0 Å². The van der Waals surface area contributed by atoms with Gasteiger partial charge in [0.25, 0.3) is 0 Å². The minimum Gasteiger partial charge on any atom is -0.478 e. The van der Waals surface area contributed by atoms with Crippen molar-refractivity contribution in [3.8, 4) is 0 Å². The van der Waals surface area contributed by atoms with Crippen molar-refractivity contribution in [3.63, 3.8) is 0 Å². The van der Waals surface area contributed by atoms with Crippen molar-refractivity contribution in [1.82, 2.24) is 4.90 Å². The molecule has 0 heterocycles. The molecule has 3 aromatic rings. The van der Waals surface area contributed by atoms with Crippen molar-refractivity contribution in [2.45, 2.75) is 24.7 Å². The van der Waals surface area contributed by atoms with Crippen LogP contribution in [-0.2, 0) is 19.1 Å². The van der Waals surface area contributed by atoms with E-state index in [0.717, 1.165) is 6.42 Å². The van der Waals surface area contributed by atoms with Gasteiger partial charge >= 0.3 is 23.9 Å². The maximum atomic E-state index is 12.0. The van der Waals surface area contributed by atoms with E-state index in [1.54, 1.807) is 12.1 Å². The fourth-order valence-corrected chi connectivity index (χ4v) is 3.52. The first-order valence-corrected chi connectivity index (χ1v) is 12.0. The smallest absolute Gasteiger partial charge is 0.349 e. The van der Waals surface area contributed by atoms with Gasteiger partial charge in [-0.25, -0.2) is 19.2 Å². The zero-order chi connectivity index (χ0) is 28.8. The topological polar surface area (TPSA) is 151 Å². The third-order valence-electron chi connectivity index (χ3n) is 5.46. The van der Waals surface area contributed by atoms with E-state index in [1.165, 1.54) is 54.1 Å². The molecule has 3 atom stereocenters. The molecule has 0 radical (unpaired) electrons. The van der Waals surface area contributed by atoms with Gasteiger partial charge in [-0.1, -0.05) is 66.7 Å². The number of aliphatic carboxylic acids is 2. The number of carboxylic acids is 2. The van der Waals surface area contributed by atoms with Gasteiger partial charge in [-0.05, 0) is 50.3 Å². The van der Waals surface area contributed by atoms with Crippen LogP contribution in [0.5, 0.6) is 0 Å². The Bertz CT molecular complexity index is 1130. The quantitative estimate of drug-likeness (QED) is 0.311. The molecule has 3 N–H and O–H groups in total. The second kappa shape index (κ2) is 15.7. The molecular formula is C29H31NO9. The molecule has 0 bridgehead atoms. The number of rotatable bonds is 11. The summed E-state index contributed by atoms with van der Waals surface area (Å²) in [5.74, 6) is -5.63. The van der Waals surface area contributed by atoms with Crippen molar-refractivity contribution >= 4 is 23.9 Å². The standard InChI is InChI=1S/C18H14O8.C11H17NO/c19-15(20)13(25-17(23)11-7-3-1-4-8-11)14(16(21)22)26-18(24)12-9-5-2-6-10-12;1-12(2)11(8-9-13)10-6-4-3-5-7-10/h1-10,13-14H,(H,19,20)(H,21,22);3-7,11,13H,8-9H2,1-2H3. The predicted octanol–water partition coefficient (Wildman–Crippen LogP) is 3.28. The third-order valence-corrected chi connectivity index (χ3v) is 5.46. The van der Waals surface area contributed by atoms with Crippen molar-refractivity contribution in [2.24, 2.45) is 0 Å². The monoisotopic (exact) mass is 537 g/mol. The van der Waals surface area contributed by atoms with E-state index in [0.29, 0.717) is 6.04 Å². The molecule has 0 saturated carbocycles. The minimum atomic E-state index is -2.21. The van der Waals surface area contributed by atoms with E-state index in [1.807, 2.05) is 32.3 Å². The second-order valence-electron chi connectivity index (χ2n) is 8.46. The molecule has 3 unspecified atom stereocenters. The molecule has 3 rings (SSSR count). The maximum absolute atomic E-state index is 12.0. The molecule has 39 heavy (non-hydrogen) atoms. The van der Waals surface area contributed by atoms with Crippen LogP contribution in [0.15, 0.2) is 91.0 Å². The van der Waals surface area contributed by atoms with E-state index >= 15 is 0 Å². The van der Waals surface area contributed by atoms with E-state index in [-0.39, 0.29) is 17.7 Å². The summed E-state index contributed by atoms with van der Waals surface area (Å²) in [5.41, 5.74) is 1.32. The molecule has 0 amide bonds. The Morgan fingerprint density at radius 2 is 1.03 bits per heavy atom. The van der Waals surface area contributed by atoms with Crippen LogP contribution in [0.4, 0.5) is 0 Å². The first-order chi connectivity index (χ1) is 18.6. The molecule has 10 heteroatoms. The number of benzene rings is 3. The van der Waals surface area contributed by atoms with Crippen LogP contribution >= 0.6 is 0 Å². The molecular weight excluding hydrogens is 506 g/mol. The third kappa shape index (κ3) is 9.69. The molecule has 0 aliphatic carbocycles. The normalized spacial score (nSPS) is 12.7. The number of aliphatic hydroxyl groups excluding tert-OH is 1. The fraction of sp³-hybridized carbons (Fsp3) is 0.241. The van der Waals surface area contributed by atoms with E-state index < -0.39 is 36.1 Å². The number of hydrogen-bond acceptors (Lipinski definition) is 8.